The number of unbranched alkanes of at least 4 members (excludes halogenated alkanes) is 23. The predicted octanol–water partition coefficient (Wildman–Crippen LogP) is 17.5. The van der Waals surface area contributed by atoms with Gasteiger partial charge in [-0.25, -0.2) is 4.57 Å². The van der Waals surface area contributed by atoms with Crippen molar-refractivity contribution in [3.63, 3.8) is 0 Å². The molecule has 0 aromatic rings. The maximum Gasteiger partial charge on any atom is 0.472 e. The minimum absolute atomic E-state index is 0.138. The van der Waals surface area contributed by atoms with E-state index in [-0.39, 0.29) is 25.9 Å². The molecule has 0 amide bonds. The molecule has 0 aromatic carbocycles. The van der Waals surface area contributed by atoms with Gasteiger partial charge in [0.25, 0.3) is 0 Å². The fourth-order valence-corrected chi connectivity index (χ4v) is 8.68. The second kappa shape index (κ2) is 55.9. The molecule has 0 aliphatic carbocycles. The molecule has 0 spiro atoms. The van der Waals surface area contributed by atoms with Crippen LogP contribution >= 0.6 is 7.82 Å². The number of aliphatic hydroxyl groups excluding tert-OH is 1. The minimum Gasteiger partial charge on any atom is -0.462 e. The summed E-state index contributed by atoms with van der Waals surface area (Å²) in [5.74, 6) is -1.52. The Morgan fingerprint density at radius 1 is 0.392 bits per heavy atom. The van der Waals surface area contributed by atoms with E-state index in [1.54, 1.807) is 0 Å². The lowest BCUT2D eigenvalue weighted by Crippen LogP contribution is -2.30. The van der Waals surface area contributed by atoms with Crippen molar-refractivity contribution in [2.24, 2.45) is 0 Å². The SMILES string of the molecule is CC/C=C\C/C=C\C/C=C\C/C=C\CCCCCCC(=O)OCC(COP(=O)(O)OCC(CO)OC(=O)CCCCC/C=C\C/C=C\C/C=C\CC)OC(=O)CCCCCCCCCCCCCCCCCCC. The van der Waals surface area contributed by atoms with E-state index in [0.717, 1.165) is 109 Å². The van der Waals surface area contributed by atoms with Gasteiger partial charge in [0.05, 0.1) is 19.8 Å². The van der Waals surface area contributed by atoms with Crippen LogP contribution in [-0.4, -0.2) is 66.5 Å². The molecule has 74 heavy (non-hydrogen) atoms. The van der Waals surface area contributed by atoms with Gasteiger partial charge in [0.2, 0.25) is 0 Å². The normalized spacial score (nSPS) is 14.0. The summed E-state index contributed by atoms with van der Waals surface area (Å²) in [4.78, 5) is 48.6. The number of esters is 3. The fourth-order valence-electron chi connectivity index (χ4n) is 7.89. The van der Waals surface area contributed by atoms with Gasteiger partial charge in [-0.2, -0.15) is 0 Å². The number of allylic oxidation sites excluding steroid dienone is 14. The van der Waals surface area contributed by atoms with Crippen molar-refractivity contribution in [2.45, 2.75) is 264 Å². The molecule has 12 heteroatoms. The average molecular weight is 1060 g/mol. The minimum atomic E-state index is -4.76. The second-order valence-electron chi connectivity index (χ2n) is 19.4. The molecule has 0 aliphatic rings. The number of hydrogen-bond acceptors (Lipinski definition) is 10. The number of phosphoric ester groups is 1. The summed E-state index contributed by atoms with van der Waals surface area (Å²) in [5, 5.41) is 9.80. The van der Waals surface area contributed by atoms with E-state index < -0.39 is 57.8 Å². The summed E-state index contributed by atoms with van der Waals surface area (Å²) in [6, 6.07) is 0. The summed E-state index contributed by atoms with van der Waals surface area (Å²) in [5.41, 5.74) is 0. The van der Waals surface area contributed by atoms with E-state index >= 15 is 0 Å². The summed E-state index contributed by atoms with van der Waals surface area (Å²) >= 11 is 0. The third kappa shape index (κ3) is 53.5. The summed E-state index contributed by atoms with van der Waals surface area (Å²) in [7, 11) is -4.76. The first kappa shape index (κ1) is 70.7. The topological polar surface area (TPSA) is 155 Å². The number of phosphoric acid groups is 1. The molecule has 3 unspecified atom stereocenters. The van der Waals surface area contributed by atoms with Crippen LogP contribution < -0.4 is 0 Å². The van der Waals surface area contributed by atoms with Crippen molar-refractivity contribution >= 4 is 25.7 Å². The molecule has 2 N–H and O–H groups in total. The highest BCUT2D eigenvalue weighted by Crippen LogP contribution is 2.43. The Labute approximate surface area is 451 Å². The molecule has 11 nitrogen and oxygen atoms in total. The molecule has 0 aliphatic heterocycles. The Bertz CT molecular complexity index is 1560. The van der Waals surface area contributed by atoms with E-state index in [0.29, 0.717) is 19.3 Å². The molecule has 0 bridgehead atoms. The Balaban J connectivity index is 4.78. The summed E-state index contributed by atoms with van der Waals surface area (Å²) < 4.78 is 39.5. The largest absolute Gasteiger partial charge is 0.472 e. The van der Waals surface area contributed by atoms with Gasteiger partial charge in [-0.05, 0) is 89.9 Å². The quantitative estimate of drug-likeness (QED) is 0.0197. The average Bonchev–Trinajstić information content (AvgIpc) is 3.39. The van der Waals surface area contributed by atoms with Crippen molar-refractivity contribution in [3.8, 4) is 0 Å². The maximum absolute atomic E-state index is 12.9. The van der Waals surface area contributed by atoms with Gasteiger partial charge < -0.3 is 24.2 Å². The first-order valence-corrected chi connectivity index (χ1v) is 31.0. The molecule has 0 radical (unpaired) electrons. The lowest BCUT2D eigenvalue weighted by Gasteiger charge is -2.21. The van der Waals surface area contributed by atoms with Crippen LogP contribution in [0.25, 0.3) is 0 Å². The first-order chi connectivity index (χ1) is 36.2. The highest BCUT2D eigenvalue weighted by Gasteiger charge is 2.28. The lowest BCUT2D eigenvalue weighted by molar-refractivity contribution is -0.161. The molecule has 0 saturated heterocycles. The van der Waals surface area contributed by atoms with E-state index in [1.165, 1.54) is 83.5 Å². The van der Waals surface area contributed by atoms with Crippen LogP contribution in [0.3, 0.4) is 0 Å². The summed E-state index contributed by atoms with van der Waals surface area (Å²) in [6.45, 7) is 4.37. The van der Waals surface area contributed by atoms with Crippen molar-refractivity contribution in [1.29, 1.82) is 0 Å². The van der Waals surface area contributed by atoms with Crippen LogP contribution in [0.1, 0.15) is 252 Å². The van der Waals surface area contributed by atoms with Crippen molar-refractivity contribution in [3.05, 3.63) is 85.1 Å². The van der Waals surface area contributed by atoms with Crippen LogP contribution in [0.2, 0.25) is 0 Å². The predicted molar refractivity (Wildman–Crippen MR) is 307 cm³/mol. The van der Waals surface area contributed by atoms with Crippen LogP contribution in [0.5, 0.6) is 0 Å². The number of rotatable bonds is 54. The molecular weight excluding hydrogens is 952 g/mol. The van der Waals surface area contributed by atoms with Crippen LogP contribution in [0.15, 0.2) is 85.1 Å². The van der Waals surface area contributed by atoms with Crippen molar-refractivity contribution in [2.75, 3.05) is 26.4 Å². The highest BCUT2D eigenvalue weighted by atomic mass is 31.2. The second-order valence-corrected chi connectivity index (χ2v) is 20.9. The van der Waals surface area contributed by atoms with Crippen LogP contribution in [-0.2, 0) is 42.2 Å². The Kier molecular flexibility index (Phi) is 53.4. The van der Waals surface area contributed by atoms with Crippen molar-refractivity contribution in [1.82, 2.24) is 0 Å². The number of ether oxygens (including phenoxy) is 3. The molecule has 0 aromatic heterocycles. The standard InChI is InChI=1S/C62H107O11P/c1-4-7-10-13-16-19-22-25-27-29-31-34-36-39-42-45-48-51-60(64)69-55-59(73-62(66)53-50-47-44-41-38-35-32-30-28-26-23-20-17-14-11-8-5-2)57-71-74(67,68)70-56-58(54-63)72-61(65)52-49-46-43-40-37-33-24-21-18-15-12-9-6-3/h7,9-10,12,16,18-19,21,25,27,31,33-34,37,58-59,63H,4-6,8,11,13-15,17,20,22-24,26,28-30,32,35-36,38-57H2,1-3H3,(H,67,68)/b10-7-,12-9-,19-16-,21-18-,27-25-,34-31-,37-33-. The first-order valence-electron chi connectivity index (χ1n) is 29.5. The van der Waals surface area contributed by atoms with Gasteiger partial charge in [-0.1, -0.05) is 228 Å². The highest BCUT2D eigenvalue weighted by molar-refractivity contribution is 7.47. The molecule has 426 valence electrons. The third-order valence-corrected chi connectivity index (χ3v) is 13.3. The maximum atomic E-state index is 12.9. The number of carbonyl (C=O) groups excluding carboxylic acids is 3. The van der Waals surface area contributed by atoms with Gasteiger partial charge in [0.15, 0.2) is 6.10 Å². The summed E-state index contributed by atoms with van der Waals surface area (Å²) in [6.07, 6.45) is 64.0. The monoisotopic (exact) mass is 1060 g/mol. The van der Waals surface area contributed by atoms with Gasteiger partial charge in [-0.15, -0.1) is 0 Å². The fraction of sp³-hybridized carbons (Fsp3) is 0.726. The number of carbonyl (C=O) groups is 3. The molecule has 0 fully saturated rings. The van der Waals surface area contributed by atoms with E-state index in [1.807, 2.05) is 0 Å². The zero-order valence-corrected chi connectivity index (χ0v) is 47.9. The zero-order chi connectivity index (χ0) is 54.1. The van der Waals surface area contributed by atoms with Gasteiger partial charge >= 0.3 is 25.7 Å². The zero-order valence-electron chi connectivity index (χ0n) is 47.0. The Hall–Kier alpha value is -3.34. The van der Waals surface area contributed by atoms with Crippen LogP contribution in [0, 0.1) is 0 Å². The van der Waals surface area contributed by atoms with E-state index in [4.69, 9.17) is 23.3 Å². The third-order valence-electron chi connectivity index (χ3n) is 12.3. The number of aliphatic hydroxyl groups is 1. The Morgan fingerprint density at radius 2 is 0.703 bits per heavy atom. The Morgan fingerprint density at radius 3 is 1.09 bits per heavy atom. The van der Waals surface area contributed by atoms with Gasteiger partial charge in [0.1, 0.15) is 12.7 Å². The smallest absolute Gasteiger partial charge is 0.462 e. The lowest BCUT2D eigenvalue weighted by atomic mass is 10.0. The molecule has 0 saturated carbocycles. The van der Waals surface area contributed by atoms with Crippen LogP contribution in [0.4, 0.5) is 0 Å². The van der Waals surface area contributed by atoms with Crippen molar-refractivity contribution < 1.29 is 52.2 Å². The molecule has 0 heterocycles. The van der Waals surface area contributed by atoms with Gasteiger partial charge in [-0.3, -0.25) is 23.4 Å². The molecule has 0 rings (SSSR count). The van der Waals surface area contributed by atoms with Gasteiger partial charge in [0, 0.05) is 19.3 Å². The van der Waals surface area contributed by atoms with E-state index in [2.05, 4.69) is 106 Å². The molecule has 3 atom stereocenters. The number of hydrogen-bond donors (Lipinski definition) is 2. The molecular formula is C62H107O11P. The van der Waals surface area contributed by atoms with E-state index in [9.17, 15) is 28.9 Å².